The summed E-state index contributed by atoms with van der Waals surface area (Å²) in [5.41, 5.74) is 0.545. The van der Waals surface area contributed by atoms with Crippen LogP contribution in [0, 0.1) is 0 Å². The van der Waals surface area contributed by atoms with E-state index in [0.29, 0.717) is 5.69 Å². The van der Waals surface area contributed by atoms with Crippen molar-refractivity contribution in [1.82, 2.24) is 0 Å². The Balaban J connectivity index is 2.03. The molecule has 0 unspecified atom stereocenters. The van der Waals surface area contributed by atoms with Crippen LogP contribution in [0.15, 0.2) is 42.5 Å². The molecule has 9 heteroatoms. The van der Waals surface area contributed by atoms with Crippen molar-refractivity contribution in [3.63, 3.8) is 0 Å². The van der Waals surface area contributed by atoms with E-state index in [1.165, 1.54) is 49.5 Å². The molecule has 7 nitrogen and oxygen atoms in total. The number of phenols is 1. The highest BCUT2D eigenvalue weighted by Crippen LogP contribution is 2.22. The molecule has 138 valence electrons. The predicted octanol–water partition coefficient (Wildman–Crippen LogP) is 2.48. The third-order valence-electron chi connectivity index (χ3n) is 3.56. The van der Waals surface area contributed by atoms with E-state index in [2.05, 4.69) is 0 Å². The molecule has 0 amide bonds. The summed E-state index contributed by atoms with van der Waals surface area (Å²) >= 11 is 5.68. The Morgan fingerprint density at radius 1 is 1.15 bits per heavy atom. The van der Waals surface area contributed by atoms with E-state index in [1.54, 1.807) is 0 Å². The van der Waals surface area contributed by atoms with Gasteiger partial charge in [0.25, 0.3) is 0 Å². The van der Waals surface area contributed by atoms with Crippen LogP contribution in [0.5, 0.6) is 5.75 Å². The van der Waals surface area contributed by atoms with E-state index in [4.69, 9.17) is 16.3 Å². The van der Waals surface area contributed by atoms with Crippen LogP contribution in [0.4, 0.5) is 5.69 Å². The number of benzene rings is 2. The number of sulfonamides is 1. The maximum Gasteiger partial charge on any atom is 0.342 e. The van der Waals surface area contributed by atoms with Crippen molar-refractivity contribution in [3.05, 3.63) is 58.6 Å². The average molecular weight is 398 g/mol. The van der Waals surface area contributed by atoms with Crippen molar-refractivity contribution in [2.24, 2.45) is 0 Å². The van der Waals surface area contributed by atoms with Gasteiger partial charge in [-0.05, 0) is 42.5 Å². The van der Waals surface area contributed by atoms with Crippen LogP contribution in [-0.2, 0) is 14.8 Å². The third kappa shape index (κ3) is 4.74. The van der Waals surface area contributed by atoms with Gasteiger partial charge in [-0.15, -0.1) is 0 Å². The maximum absolute atomic E-state index is 12.1. The molecule has 0 aliphatic heterocycles. The van der Waals surface area contributed by atoms with Crippen molar-refractivity contribution < 1.29 is 27.9 Å². The highest BCUT2D eigenvalue weighted by Gasteiger charge is 2.16. The predicted molar refractivity (Wildman–Crippen MR) is 97.4 cm³/mol. The first-order chi connectivity index (χ1) is 12.1. The van der Waals surface area contributed by atoms with E-state index in [9.17, 15) is 23.1 Å². The maximum atomic E-state index is 12.1. The molecule has 1 N–H and O–H groups in total. The summed E-state index contributed by atoms with van der Waals surface area (Å²) in [6.07, 6.45) is 1.07. The smallest absolute Gasteiger partial charge is 0.342 e. The summed E-state index contributed by atoms with van der Waals surface area (Å²) in [6, 6.07) is 9.72. The molecule has 0 aromatic heterocycles. The number of carbonyl (C=O) groups excluding carboxylic acids is 2. The van der Waals surface area contributed by atoms with Gasteiger partial charge in [0.05, 0.1) is 11.9 Å². The van der Waals surface area contributed by atoms with Crippen LogP contribution in [0.2, 0.25) is 5.02 Å². The summed E-state index contributed by atoms with van der Waals surface area (Å²) in [4.78, 5) is 24.0. The first kappa shape index (κ1) is 19.7. The molecule has 2 aromatic carbocycles. The summed E-state index contributed by atoms with van der Waals surface area (Å²) < 4.78 is 28.9. The topological polar surface area (TPSA) is 101 Å². The van der Waals surface area contributed by atoms with Gasteiger partial charge in [0, 0.05) is 17.6 Å². The van der Waals surface area contributed by atoms with E-state index < -0.39 is 28.4 Å². The molecule has 0 aliphatic carbocycles. The van der Waals surface area contributed by atoms with Gasteiger partial charge in [-0.3, -0.25) is 9.10 Å². The minimum absolute atomic E-state index is 0.104. The van der Waals surface area contributed by atoms with E-state index in [0.717, 1.165) is 10.6 Å². The van der Waals surface area contributed by atoms with Crippen molar-refractivity contribution in [2.45, 2.75) is 0 Å². The number of phenolic OH excluding ortho intramolecular Hbond substituents is 1. The summed E-state index contributed by atoms with van der Waals surface area (Å²) in [6.45, 7) is -0.526. The number of Topliss-reactive ketones (excluding diaryl/α,β-unsaturated/α-hetero) is 1. The number of hydrogen-bond donors (Lipinski definition) is 1. The standard InChI is InChI=1S/C17H16ClNO6S/c1-19(26(2,23)24)13-6-3-11(4-7-13)16(21)10-25-17(22)14-8-5-12(18)9-15(14)20/h3-9,20H,10H2,1-2H3. The number of anilines is 1. The van der Waals surface area contributed by atoms with Crippen LogP contribution in [0.1, 0.15) is 20.7 Å². The lowest BCUT2D eigenvalue weighted by molar-refractivity contribution is 0.0472. The molecule has 0 saturated heterocycles. The number of halogens is 1. The number of ether oxygens (including phenoxy) is 1. The summed E-state index contributed by atoms with van der Waals surface area (Å²) in [7, 11) is -2.01. The fraction of sp³-hybridized carbons (Fsp3) is 0.176. The Morgan fingerprint density at radius 3 is 2.31 bits per heavy atom. The molecule has 0 atom stereocenters. The molecule has 0 saturated carbocycles. The second-order valence-corrected chi connectivity index (χ2v) is 7.89. The molecule has 0 spiro atoms. The first-order valence-corrected chi connectivity index (χ1v) is 9.55. The number of esters is 1. The van der Waals surface area contributed by atoms with Crippen LogP contribution < -0.4 is 4.31 Å². The zero-order valence-corrected chi connectivity index (χ0v) is 15.5. The summed E-state index contributed by atoms with van der Waals surface area (Å²) in [5, 5.41) is 9.93. The highest BCUT2D eigenvalue weighted by atomic mass is 35.5. The van der Waals surface area contributed by atoms with Crippen molar-refractivity contribution in [2.75, 3.05) is 24.2 Å². The van der Waals surface area contributed by atoms with Crippen LogP contribution >= 0.6 is 11.6 Å². The minimum Gasteiger partial charge on any atom is -0.507 e. The zero-order valence-electron chi connectivity index (χ0n) is 14.0. The van der Waals surface area contributed by atoms with Crippen molar-refractivity contribution in [1.29, 1.82) is 0 Å². The normalized spacial score (nSPS) is 11.0. The molecular weight excluding hydrogens is 382 g/mol. The molecule has 26 heavy (non-hydrogen) atoms. The van der Waals surface area contributed by atoms with Crippen LogP contribution in [0.25, 0.3) is 0 Å². The van der Waals surface area contributed by atoms with Gasteiger partial charge in [-0.25, -0.2) is 13.2 Å². The van der Waals surface area contributed by atoms with Gasteiger partial charge in [0.15, 0.2) is 12.4 Å². The molecule has 0 aliphatic rings. The minimum atomic E-state index is -3.40. The summed E-state index contributed by atoms with van der Waals surface area (Å²) in [5.74, 6) is -1.68. The number of hydrogen-bond acceptors (Lipinski definition) is 6. The van der Waals surface area contributed by atoms with Crippen molar-refractivity contribution in [3.8, 4) is 5.75 Å². The van der Waals surface area contributed by atoms with Crippen LogP contribution in [0.3, 0.4) is 0 Å². The Kier molecular flexibility index (Phi) is 5.89. The molecular formula is C17H16ClNO6S. The second-order valence-electron chi connectivity index (χ2n) is 5.44. The van der Waals surface area contributed by atoms with Gasteiger partial charge in [-0.1, -0.05) is 11.6 Å². The number of ketones is 1. The lowest BCUT2D eigenvalue weighted by Gasteiger charge is -2.16. The van der Waals surface area contributed by atoms with E-state index in [-0.39, 0.29) is 21.9 Å². The molecule has 2 rings (SSSR count). The fourth-order valence-corrected chi connectivity index (χ4v) is 2.69. The zero-order chi connectivity index (χ0) is 19.5. The van der Waals surface area contributed by atoms with E-state index >= 15 is 0 Å². The molecule has 0 bridgehead atoms. The highest BCUT2D eigenvalue weighted by molar-refractivity contribution is 7.92. The monoisotopic (exact) mass is 397 g/mol. The van der Waals surface area contributed by atoms with Gasteiger partial charge in [0.1, 0.15) is 11.3 Å². The van der Waals surface area contributed by atoms with Gasteiger partial charge >= 0.3 is 5.97 Å². The number of carbonyl (C=O) groups is 2. The molecule has 0 radical (unpaired) electrons. The average Bonchev–Trinajstić information content (AvgIpc) is 2.58. The Hall–Kier alpha value is -2.58. The lowest BCUT2D eigenvalue weighted by Crippen LogP contribution is -2.24. The van der Waals surface area contributed by atoms with Gasteiger partial charge in [-0.2, -0.15) is 0 Å². The van der Waals surface area contributed by atoms with Gasteiger partial charge in [0.2, 0.25) is 10.0 Å². The van der Waals surface area contributed by atoms with E-state index in [1.807, 2.05) is 0 Å². The lowest BCUT2D eigenvalue weighted by atomic mass is 10.1. The SMILES string of the molecule is CN(c1ccc(C(=O)COC(=O)c2ccc(Cl)cc2O)cc1)S(C)(=O)=O. The fourth-order valence-electron chi connectivity index (χ4n) is 2.02. The van der Waals surface area contributed by atoms with Gasteiger partial charge < -0.3 is 9.84 Å². The number of nitrogens with zero attached hydrogens (tertiary/aromatic N) is 1. The van der Waals surface area contributed by atoms with Crippen LogP contribution in [-0.4, -0.2) is 45.2 Å². The number of rotatable bonds is 6. The second kappa shape index (κ2) is 7.76. The largest absolute Gasteiger partial charge is 0.507 e. The Labute approximate surface area is 155 Å². The third-order valence-corrected chi connectivity index (χ3v) is 5.01. The Bertz CT molecular complexity index is 940. The molecule has 2 aromatic rings. The first-order valence-electron chi connectivity index (χ1n) is 7.32. The van der Waals surface area contributed by atoms with Crippen molar-refractivity contribution >= 4 is 39.1 Å². The Morgan fingerprint density at radius 2 is 1.77 bits per heavy atom. The molecule has 0 fully saturated rings. The molecule has 0 heterocycles. The quantitative estimate of drug-likeness (QED) is 0.593. The number of aromatic hydroxyl groups is 1.